The second-order valence-corrected chi connectivity index (χ2v) is 10.0. The first-order chi connectivity index (χ1) is 17.2. The van der Waals surface area contributed by atoms with Crippen molar-refractivity contribution in [3.8, 4) is 5.75 Å². The van der Waals surface area contributed by atoms with Gasteiger partial charge in [0, 0.05) is 57.5 Å². The number of nitrogens with one attached hydrogen (secondary N) is 1. The van der Waals surface area contributed by atoms with Crippen LogP contribution in [0.25, 0.3) is 0 Å². The molecule has 0 bridgehead atoms. The average molecular weight is 479 g/mol. The number of likely N-dealkylation sites (tertiary alicyclic amines) is 2. The van der Waals surface area contributed by atoms with Crippen LogP contribution in [0.5, 0.6) is 5.75 Å². The average Bonchev–Trinajstić information content (AvgIpc) is 3.19. The number of carbonyl (C=O) groups excluding carboxylic acids is 1. The Balaban J connectivity index is 1.11. The Morgan fingerprint density at radius 3 is 2.60 bits per heavy atom. The van der Waals surface area contributed by atoms with Crippen molar-refractivity contribution in [3.63, 3.8) is 0 Å². The first-order valence-electron chi connectivity index (χ1n) is 13.3. The first kappa shape index (κ1) is 23.9. The van der Waals surface area contributed by atoms with Gasteiger partial charge in [-0.25, -0.2) is 4.98 Å². The SMILES string of the molecule is O=C(COc1ccccc1)N1CCCC(N2CCC(Nc3nccc(N4CCCCCC4)n3)C2)C1. The normalized spacial score (nSPS) is 23.7. The predicted molar refractivity (Wildman–Crippen MR) is 138 cm³/mol. The Kier molecular flexibility index (Phi) is 7.98. The molecule has 2 unspecified atom stereocenters. The molecular formula is C27H38N6O2. The minimum atomic E-state index is 0.0751. The van der Waals surface area contributed by atoms with Gasteiger partial charge in [0.2, 0.25) is 5.95 Å². The van der Waals surface area contributed by atoms with Crippen LogP contribution in [0, 0.1) is 0 Å². The van der Waals surface area contributed by atoms with Gasteiger partial charge < -0.3 is 19.9 Å². The van der Waals surface area contributed by atoms with E-state index < -0.39 is 0 Å². The summed E-state index contributed by atoms with van der Waals surface area (Å²) in [6, 6.07) is 12.3. The standard InChI is InChI=1S/C27H38N6O2/c34-26(21-35-24-10-4-3-5-11-24)33-17-8-9-23(20-33)32-18-13-22(19-32)29-27-28-14-12-25(30-27)31-15-6-1-2-7-16-31/h3-5,10-12,14,22-23H,1-2,6-9,13,15-21H2,(H,28,29,30). The molecule has 1 aromatic heterocycles. The van der Waals surface area contributed by atoms with Gasteiger partial charge in [-0.2, -0.15) is 4.98 Å². The van der Waals surface area contributed by atoms with Gasteiger partial charge in [0.05, 0.1) is 0 Å². The van der Waals surface area contributed by atoms with Gasteiger partial charge in [-0.1, -0.05) is 31.0 Å². The third-order valence-corrected chi connectivity index (χ3v) is 7.49. The maximum atomic E-state index is 12.8. The largest absolute Gasteiger partial charge is 0.484 e. The van der Waals surface area contributed by atoms with Crippen molar-refractivity contribution in [1.29, 1.82) is 0 Å². The molecule has 3 fully saturated rings. The number of piperidine rings is 1. The minimum Gasteiger partial charge on any atom is -0.484 e. The number of para-hydroxylation sites is 1. The molecule has 3 saturated heterocycles. The lowest BCUT2D eigenvalue weighted by molar-refractivity contribution is -0.135. The monoisotopic (exact) mass is 478 g/mol. The van der Waals surface area contributed by atoms with E-state index in [4.69, 9.17) is 9.72 Å². The van der Waals surface area contributed by atoms with Crippen LogP contribution in [0.1, 0.15) is 44.9 Å². The molecule has 1 amide bonds. The van der Waals surface area contributed by atoms with E-state index in [1.165, 1.54) is 25.7 Å². The van der Waals surface area contributed by atoms with E-state index in [1.807, 2.05) is 47.5 Å². The highest BCUT2D eigenvalue weighted by Crippen LogP contribution is 2.23. The van der Waals surface area contributed by atoms with E-state index >= 15 is 0 Å². The molecule has 5 rings (SSSR count). The Labute approximate surface area is 208 Å². The number of anilines is 2. The minimum absolute atomic E-state index is 0.0751. The fraction of sp³-hybridized carbons (Fsp3) is 0.593. The van der Waals surface area contributed by atoms with Crippen molar-refractivity contribution in [2.45, 2.75) is 57.0 Å². The molecule has 0 saturated carbocycles. The van der Waals surface area contributed by atoms with Gasteiger partial charge in [0.1, 0.15) is 11.6 Å². The molecule has 35 heavy (non-hydrogen) atoms. The molecule has 1 aromatic carbocycles. The number of hydrogen-bond acceptors (Lipinski definition) is 7. The highest BCUT2D eigenvalue weighted by atomic mass is 16.5. The number of carbonyl (C=O) groups is 1. The summed E-state index contributed by atoms with van der Waals surface area (Å²) < 4.78 is 5.69. The molecule has 0 aliphatic carbocycles. The summed E-state index contributed by atoms with van der Waals surface area (Å²) in [4.78, 5) is 29.0. The lowest BCUT2D eigenvalue weighted by Gasteiger charge is -2.37. The molecule has 2 aromatic rings. The first-order valence-corrected chi connectivity index (χ1v) is 13.3. The fourth-order valence-electron chi connectivity index (χ4n) is 5.55. The van der Waals surface area contributed by atoms with E-state index in [1.54, 1.807) is 0 Å². The lowest BCUT2D eigenvalue weighted by Crippen LogP contribution is -2.50. The Hall–Kier alpha value is -2.87. The van der Waals surface area contributed by atoms with E-state index in [0.29, 0.717) is 12.1 Å². The highest BCUT2D eigenvalue weighted by molar-refractivity contribution is 5.78. The van der Waals surface area contributed by atoms with E-state index in [-0.39, 0.29) is 12.5 Å². The van der Waals surface area contributed by atoms with Crippen LogP contribution < -0.4 is 15.0 Å². The number of nitrogens with zero attached hydrogens (tertiary/aromatic N) is 5. The van der Waals surface area contributed by atoms with E-state index in [2.05, 4.69) is 20.1 Å². The van der Waals surface area contributed by atoms with Crippen molar-refractivity contribution < 1.29 is 9.53 Å². The Morgan fingerprint density at radius 2 is 1.77 bits per heavy atom. The van der Waals surface area contributed by atoms with Crippen molar-refractivity contribution in [2.24, 2.45) is 0 Å². The van der Waals surface area contributed by atoms with Crippen LogP contribution in [-0.4, -0.2) is 83.6 Å². The summed E-state index contributed by atoms with van der Waals surface area (Å²) in [6.07, 6.45) is 10.2. The van der Waals surface area contributed by atoms with Gasteiger partial charge in [0.25, 0.3) is 5.91 Å². The molecule has 0 spiro atoms. The fourth-order valence-corrected chi connectivity index (χ4v) is 5.55. The maximum Gasteiger partial charge on any atom is 0.260 e. The van der Waals surface area contributed by atoms with E-state index in [0.717, 1.165) is 76.0 Å². The molecule has 3 aliphatic rings. The van der Waals surface area contributed by atoms with Gasteiger partial charge in [-0.15, -0.1) is 0 Å². The second kappa shape index (κ2) is 11.7. The number of amides is 1. The Morgan fingerprint density at radius 1 is 0.943 bits per heavy atom. The summed E-state index contributed by atoms with van der Waals surface area (Å²) >= 11 is 0. The second-order valence-electron chi connectivity index (χ2n) is 10.0. The summed E-state index contributed by atoms with van der Waals surface area (Å²) in [6.45, 7) is 5.87. The van der Waals surface area contributed by atoms with Crippen LogP contribution in [0.4, 0.5) is 11.8 Å². The zero-order chi connectivity index (χ0) is 23.9. The van der Waals surface area contributed by atoms with Crippen LogP contribution in [-0.2, 0) is 4.79 Å². The number of ether oxygens (including phenoxy) is 1. The predicted octanol–water partition coefficient (Wildman–Crippen LogP) is 3.41. The van der Waals surface area contributed by atoms with E-state index in [9.17, 15) is 4.79 Å². The highest BCUT2D eigenvalue weighted by Gasteiger charge is 2.33. The molecular weight excluding hydrogens is 440 g/mol. The number of rotatable bonds is 7. The molecule has 0 radical (unpaired) electrons. The van der Waals surface area contributed by atoms with Crippen LogP contribution >= 0.6 is 0 Å². The van der Waals surface area contributed by atoms with Gasteiger partial charge in [0.15, 0.2) is 6.61 Å². The van der Waals surface area contributed by atoms with Crippen LogP contribution in [0.15, 0.2) is 42.6 Å². The van der Waals surface area contributed by atoms with Crippen LogP contribution in [0.2, 0.25) is 0 Å². The zero-order valence-corrected chi connectivity index (χ0v) is 20.6. The molecule has 8 nitrogen and oxygen atoms in total. The lowest BCUT2D eigenvalue weighted by atomic mass is 10.0. The van der Waals surface area contributed by atoms with Gasteiger partial charge >= 0.3 is 0 Å². The molecule has 188 valence electrons. The molecule has 8 heteroatoms. The zero-order valence-electron chi connectivity index (χ0n) is 20.6. The third kappa shape index (κ3) is 6.42. The third-order valence-electron chi connectivity index (χ3n) is 7.49. The van der Waals surface area contributed by atoms with Crippen molar-refractivity contribution in [1.82, 2.24) is 19.8 Å². The molecule has 2 atom stereocenters. The van der Waals surface area contributed by atoms with Crippen molar-refractivity contribution in [2.75, 3.05) is 56.1 Å². The van der Waals surface area contributed by atoms with Crippen molar-refractivity contribution >= 4 is 17.7 Å². The van der Waals surface area contributed by atoms with Crippen LogP contribution in [0.3, 0.4) is 0 Å². The number of hydrogen-bond donors (Lipinski definition) is 1. The van der Waals surface area contributed by atoms with Crippen molar-refractivity contribution in [3.05, 3.63) is 42.6 Å². The molecule has 1 N–H and O–H groups in total. The van der Waals surface area contributed by atoms with Gasteiger partial charge in [-0.05, 0) is 50.3 Å². The summed E-state index contributed by atoms with van der Waals surface area (Å²) in [5, 5.41) is 3.59. The Bertz CT molecular complexity index is 950. The maximum absolute atomic E-state index is 12.8. The quantitative estimate of drug-likeness (QED) is 0.654. The molecule has 4 heterocycles. The molecule has 3 aliphatic heterocycles. The summed E-state index contributed by atoms with van der Waals surface area (Å²) in [7, 11) is 0. The number of benzene rings is 1. The topological polar surface area (TPSA) is 73.8 Å². The summed E-state index contributed by atoms with van der Waals surface area (Å²) in [5.74, 6) is 2.59. The smallest absolute Gasteiger partial charge is 0.260 e. The summed E-state index contributed by atoms with van der Waals surface area (Å²) in [5.41, 5.74) is 0. The van der Waals surface area contributed by atoms with Gasteiger partial charge in [-0.3, -0.25) is 9.69 Å². The number of aromatic nitrogens is 2.